The molecule has 0 bridgehead atoms. The maximum Gasteiger partial charge on any atom is 0.284 e. The number of carbonyl (C=O) groups is 1. The summed E-state index contributed by atoms with van der Waals surface area (Å²) in [6.45, 7) is 0. The Labute approximate surface area is 78.6 Å². The lowest BCUT2D eigenvalue weighted by molar-refractivity contribution is 0.0711. The van der Waals surface area contributed by atoms with Crippen molar-refractivity contribution in [1.82, 2.24) is 5.48 Å². The minimum absolute atomic E-state index is 0.471. The fraction of sp³-hybridized carbons (Fsp3) is 0. The number of fused-ring (bicyclic) bond motifs is 1. The third-order valence-corrected chi connectivity index (χ3v) is 2.79. The number of hydrogen-bond donors (Lipinski definition) is 2. The summed E-state index contributed by atoms with van der Waals surface area (Å²) in [7, 11) is 0. The minimum Gasteiger partial charge on any atom is -0.288 e. The summed E-state index contributed by atoms with van der Waals surface area (Å²) in [5.74, 6) is -0.471. The van der Waals surface area contributed by atoms with E-state index in [0.717, 1.165) is 10.1 Å². The molecule has 1 heterocycles. The Hall–Kier alpha value is -1.39. The lowest BCUT2D eigenvalue weighted by Gasteiger charge is -1.89. The van der Waals surface area contributed by atoms with E-state index < -0.39 is 5.91 Å². The molecule has 1 radical (unpaired) electrons. The zero-order valence-electron chi connectivity index (χ0n) is 6.57. The number of thiophene rings is 1. The van der Waals surface area contributed by atoms with Crippen LogP contribution < -0.4 is 5.48 Å². The summed E-state index contributed by atoms with van der Waals surface area (Å²) < 4.78 is 0.987. The lowest BCUT2D eigenvalue weighted by Crippen LogP contribution is -2.16. The molecule has 1 aromatic heterocycles. The zero-order chi connectivity index (χ0) is 9.26. The predicted molar refractivity (Wildman–Crippen MR) is 49.9 cm³/mol. The van der Waals surface area contributed by atoms with Gasteiger partial charge in [0.25, 0.3) is 5.91 Å². The van der Waals surface area contributed by atoms with Crippen LogP contribution in [0.2, 0.25) is 0 Å². The van der Waals surface area contributed by atoms with E-state index in [9.17, 15) is 4.79 Å². The van der Waals surface area contributed by atoms with Crippen molar-refractivity contribution in [3.63, 3.8) is 0 Å². The molecule has 0 fully saturated rings. The Bertz CT molecular complexity index is 417. The van der Waals surface area contributed by atoms with Crippen LogP contribution >= 0.6 is 11.3 Å². The summed E-state index contributed by atoms with van der Waals surface area (Å²) in [6, 6.07) is 10.1. The van der Waals surface area contributed by atoms with E-state index in [2.05, 4.69) is 6.07 Å². The Kier molecular flexibility index (Phi) is 2.00. The van der Waals surface area contributed by atoms with Crippen molar-refractivity contribution < 1.29 is 10.0 Å². The maximum atomic E-state index is 11.0. The average molecular weight is 192 g/mol. The molecular weight excluding hydrogens is 186 g/mol. The Morgan fingerprint density at radius 1 is 1.62 bits per heavy atom. The van der Waals surface area contributed by atoms with Gasteiger partial charge >= 0.3 is 0 Å². The first-order valence-corrected chi connectivity index (χ1v) is 4.47. The van der Waals surface area contributed by atoms with Crippen LogP contribution in [-0.4, -0.2) is 11.1 Å². The molecule has 2 N–H and O–H groups in total. The van der Waals surface area contributed by atoms with Crippen LogP contribution in [0.1, 0.15) is 9.67 Å². The summed E-state index contributed by atoms with van der Waals surface area (Å²) in [5.41, 5.74) is 1.60. The number of benzene rings is 1. The largest absolute Gasteiger partial charge is 0.288 e. The topological polar surface area (TPSA) is 49.3 Å². The molecule has 1 aromatic carbocycles. The van der Waals surface area contributed by atoms with E-state index in [0.29, 0.717) is 4.88 Å². The molecule has 0 aliphatic carbocycles. The Balaban J connectivity index is 2.56. The van der Waals surface area contributed by atoms with Gasteiger partial charge < -0.3 is 0 Å². The summed E-state index contributed by atoms with van der Waals surface area (Å²) >= 11 is 1.33. The van der Waals surface area contributed by atoms with Crippen LogP contribution in [0.4, 0.5) is 0 Å². The van der Waals surface area contributed by atoms with Gasteiger partial charge in [-0.3, -0.25) is 10.0 Å². The highest BCUT2D eigenvalue weighted by atomic mass is 32.1. The zero-order valence-corrected chi connectivity index (χ0v) is 7.39. The molecule has 0 unspecified atom stereocenters. The van der Waals surface area contributed by atoms with Gasteiger partial charge in [-0.1, -0.05) is 12.1 Å². The number of rotatable bonds is 1. The standard InChI is InChI=1S/C9H6NO2S/c11-9(10-12)8-5-6-3-1-2-4-7(6)13-8/h1,3-5,12H,(H,10,11). The minimum atomic E-state index is -0.471. The highest BCUT2D eigenvalue weighted by Gasteiger charge is 2.07. The fourth-order valence-electron chi connectivity index (χ4n) is 1.09. The van der Waals surface area contributed by atoms with Gasteiger partial charge in [-0.25, -0.2) is 5.48 Å². The molecular formula is C9H6NO2S. The number of carbonyl (C=O) groups excluding carboxylic acids is 1. The smallest absolute Gasteiger partial charge is 0.284 e. The van der Waals surface area contributed by atoms with Crippen LogP contribution in [0.15, 0.2) is 24.3 Å². The van der Waals surface area contributed by atoms with Crippen molar-refractivity contribution in [3.8, 4) is 0 Å². The van der Waals surface area contributed by atoms with E-state index in [-0.39, 0.29) is 0 Å². The summed E-state index contributed by atoms with van der Waals surface area (Å²) in [5, 5.41) is 9.40. The molecule has 0 aliphatic rings. The second kappa shape index (κ2) is 3.16. The van der Waals surface area contributed by atoms with Gasteiger partial charge in [-0.15, -0.1) is 11.3 Å². The quantitative estimate of drug-likeness (QED) is 0.535. The van der Waals surface area contributed by atoms with Gasteiger partial charge in [0.05, 0.1) is 4.88 Å². The van der Waals surface area contributed by atoms with E-state index in [1.807, 2.05) is 12.1 Å². The molecule has 4 heteroatoms. The number of amides is 1. The third kappa shape index (κ3) is 1.41. The molecule has 0 spiro atoms. The summed E-state index contributed by atoms with van der Waals surface area (Å²) in [4.78, 5) is 11.5. The molecule has 2 aromatic rings. The molecule has 0 atom stereocenters. The number of hydroxylamine groups is 1. The van der Waals surface area contributed by atoms with Crippen LogP contribution in [0, 0.1) is 6.07 Å². The second-order valence-corrected chi connectivity index (χ2v) is 3.60. The molecule has 2 rings (SSSR count). The first-order valence-electron chi connectivity index (χ1n) is 3.65. The van der Waals surface area contributed by atoms with Crippen molar-refractivity contribution in [2.45, 2.75) is 0 Å². The van der Waals surface area contributed by atoms with E-state index in [1.165, 1.54) is 11.3 Å². The number of hydrogen-bond acceptors (Lipinski definition) is 3. The van der Waals surface area contributed by atoms with Gasteiger partial charge in [0.1, 0.15) is 0 Å². The molecule has 3 nitrogen and oxygen atoms in total. The van der Waals surface area contributed by atoms with Gasteiger partial charge in [0, 0.05) is 4.70 Å². The fourth-order valence-corrected chi connectivity index (χ4v) is 2.02. The molecule has 65 valence electrons. The Morgan fingerprint density at radius 3 is 3.15 bits per heavy atom. The van der Waals surface area contributed by atoms with Crippen LogP contribution in [0.25, 0.3) is 10.1 Å². The molecule has 0 aliphatic heterocycles. The molecule has 1 amide bonds. The Morgan fingerprint density at radius 2 is 2.46 bits per heavy atom. The number of nitrogens with one attached hydrogen (secondary N) is 1. The highest BCUT2D eigenvalue weighted by Crippen LogP contribution is 2.24. The third-order valence-electron chi connectivity index (χ3n) is 1.69. The van der Waals surface area contributed by atoms with Gasteiger partial charge in [-0.05, 0) is 23.6 Å². The van der Waals surface area contributed by atoms with E-state index >= 15 is 0 Å². The molecule has 0 saturated carbocycles. The molecule has 13 heavy (non-hydrogen) atoms. The second-order valence-electron chi connectivity index (χ2n) is 2.52. The normalized spacial score (nSPS) is 10.2. The average Bonchev–Trinajstić information content (AvgIpc) is 2.59. The van der Waals surface area contributed by atoms with Gasteiger partial charge in [0.2, 0.25) is 0 Å². The predicted octanol–water partition coefficient (Wildman–Crippen LogP) is 1.82. The van der Waals surface area contributed by atoms with E-state index in [1.54, 1.807) is 17.6 Å². The van der Waals surface area contributed by atoms with Crippen molar-refractivity contribution >= 4 is 27.3 Å². The van der Waals surface area contributed by atoms with Gasteiger partial charge in [0.15, 0.2) is 0 Å². The first kappa shape index (κ1) is 8.22. The van der Waals surface area contributed by atoms with Crippen LogP contribution in [0.5, 0.6) is 0 Å². The highest BCUT2D eigenvalue weighted by molar-refractivity contribution is 7.20. The first-order chi connectivity index (χ1) is 6.31. The lowest BCUT2D eigenvalue weighted by atomic mass is 10.2. The van der Waals surface area contributed by atoms with Crippen molar-refractivity contribution in [2.75, 3.05) is 0 Å². The van der Waals surface area contributed by atoms with Crippen molar-refractivity contribution in [3.05, 3.63) is 35.2 Å². The summed E-state index contributed by atoms with van der Waals surface area (Å²) in [6.07, 6.45) is 0. The van der Waals surface area contributed by atoms with Crippen LogP contribution in [-0.2, 0) is 0 Å². The van der Waals surface area contributed by atoms with Crippen LogP contribution in [0.3, 0.4) is 0 Å². The van der Waals surface area contributed by atoms with E-state index in [4.69, 9.17) is 5.21 Å². The van der Waals surface area contributed by atoms with Crippen molar-refractivity contribution in [1.29, 1.82) is 0 Å². The molecule has 0 saturated heterocycles. The SMILES string of the molecule is O=C(NO)c1cc2cc[c]cc2s1. The van der Waals surface area contributed by atoms with Gasteiger partial charge in [-0.2, -0.15) is 0 Å². The van der Waals surface area contributed by atoms with Crippen molar-refractivity contribution in [2.24, 2.45) is 0 Å². The monoisotopic (exact) mass is 192 g/mol. The maximum absolute atomic E-state index is 11.0.